The van der Waals surface area contributed by atoms with Gasteiger partial charge in [0.25, 0.3) is 5.91 Å². The van der Waals surface area contributed by atoms with Crippen LogP contribution >= 0.6 is 0 Å². The van der Waals surface area contributed by atoms with Crippen LogP contribution in [0.3, 0.4) is 0 Å². The van der Waals surface area contributed by atoms with Gasteiger partial charge in [-0.1, -0.05) is 23.8 Å². The molecule has 0 saturated heterocycles. The van der Waals surface area contributed by atoms with E-state index in [1.807, 2.05) is 51.4 Å². The first-order chi connectivity index (χ1) is 10.5. The summed E-state index contributed by atoms with van der Waals surface area (Å²) >= 11 is 0. The highest BCUT2D eigenvalue weighted by Gasteiger charge is 2.43. The van der Waals surface area contributed by atoms with Gasteiger partial charge in [-0.25, -0.2) is 5.48 Å². The van der Waals surface area contributed by atoms with Gasteiger partial charge in [0, 0.05) is 11.9 Å². The molecule has 4 heteroatoms. The van der Waals surface area contributed by atoms with E-state index in [4.69, 9.17) is 0 Å². The molecule has 2 rings (SSSR count). The second-order valence-corrected chi connectivity index (χ2v) is 6.06. The van der Waals surface area contributed by atoms with Crippen molar-refractivity contribution in [3.05, 3.63) is 46.2 Å². The minimum Gasteiger partial charge on any atom is -0.289 e. The van der Waals surface area contributed by atoms with Gasteiger partial charge in [0.1, 0.15) is 0 Å². The fourth-order valence-corrected chi connectivity index (χ4v) is 3.44. The van der Waals surface area contributed by atoms with Gasteiger partial charge in [-0.05, 0) is 63.6 Å². The molecule has 0 aromatic heterocycles. The van der Waals surface area contributed by atoms with Gasteiger partial charge in [0.05, 0.1) is 5.41 Å². The van der Waals surface area contributed by atoms with E-state index in [1.54, 1.807) is 6.21 Å². The van der Waals surface area contributed by atoms with Crippen LogP contribution in [0.1, 0.15) is 49.8 Å². The summed E-state index contributed by atoms with van der Waals surface area (Å²) in [7, 11) is 0. The monoisotopic (exact) mass is 300 g/mol. The Balaban J connectivity index is 2.58. The minimum absolute atomic E-state index is 0.333. The third-order valence-electron chi connectivity index (χ3n) is 4.79. The number of hydrogen-bond acceptors (Lipinski definition) is 3. The number of hydrogen-bond donors (Lipinski definition) is 2. The average molecular weight is 300 g/mol. The normalized spacial score (nSPS) is 22.2. The molecule has 1 aliphatic rings. The molecule has 1 aromatic carbocycles. The highest BCUT2D eigenvalue weighted by molar-refractivity contribution is 5.88. The number of carbonyl (C=O) groups is 1. The second kappa shape index (κ2) is 6.44. The van der Waals surface area contributed by atoms with Crippen molar-refractivity contribution in [2.24, 2.45) is 4.99 Å². The van der Waals surface area contributed by atoms with E-state index in [-0.39, 0.29) is 5.91 Å². The van der Waals surface area contributed by atoms with E-state index in [2.05, 4.69) is 4.99 Å². The van der Waals surface area contributed by atoms with Gasteiger partial charge in [0.15, 0.2) is 0 Å². The van der Waals surface area contributed by atoms with Gasteiger partial charge in [-0.2, -0.15) is 0 Å². The molecule has 2 N–H and O–H groups in total. The zero-order chi connectivity index (χ0) is 16.3. The first-order valence-electron chi connectivity index (χ1n) is 7.65. The molecular weight excluding hydrogens is 276 g/mol. The molecule has 4 nitrogen and oxygen atoms in total. The lowest BCUT2D eigenvalue weighted by atomic mass is 9.66. The number of nitrogens with zero attached hydrogens (tertiary/aromatic N) is 1. The quantitative estimate of drug-likeness (QED) is 0.509. The Kier molecular flexibility index (Phi) is 4.81. The van der Waals surface area contributed by atoms with Crippen LogP contribution < -0.4 is 5.48 Å². The summed E-state index contributed by atoms with van der Waals surface area (Å²) in [6.45, 7) is 8.00. The Morgan fingerprint density at radius 1 is 1.36 bits per heavy atom. The van der Waals surface area contributed by atoms with Crippen LogP contribution in [0.4, 0.5) is 0 Å². The molecule has 1 aromatic rings. The number of rotatable bonds is 3. The summed E-state index contributed by atoms with van der Waals surface area (Å²) in [4.78, 5) is 17.0. The topological polar surface area (TPSA) is 61.7 Å². The Morgan fingerprint density at radius 2 is 2.09 bits per heavy atom. The molecular formula is C18H24N2O2. The number of aryl methyl sites for hydroxylation is 1. The summed E-state index contributed by atoms with van der Waals surface area (Å²) in [5.41, 5.74) is 6.59. The molecule has 1 atom stereocenters. The van der Waals surface area contributed by atoms with E-state index in [0.717, 1.165) is 34.4 Å². The van der Waals surface area contributed by atoms with E-state index in [0.29, 0.717) is 12.8 Å². The standard InChI is InChI=1S/C18H24N2O2/c1-5-19-16-9-10-18(11-13(16)3,17(21)20-22)15-8-6-7-12(2)14(15)4/h5-8,22H,9-11H2,1-4H3,(H,20,21)/b19-5-. The molecule has 1 unspecified atom stereocenters. The van der Waals surface area contributed by atoms with Crippen LogP contribution in [0.2, 0.25) is 0 Å². The summed E-state index contributed by atoms with van der Waals surface area (Å²) in [6.07, 6.45) is 3.75. The van der Waals surface area contributed by atoms with Gasteiger partial charge in [-0.15, -0.1) is 0 Å². The number of aliphatic imine (C=N–C) groups is 1. The summed E-state index contributed by atoms with van der Waals surface area (Å²) < 4.78 is 0. The van der Waals surface area contributed by atoms with E-state index in [1.165, 1.54) is 0 Å². The third kappa shape index (κ3) is 2.71. The zero-order valence-electron chi connectivity index (χ0n) is 13.7. The van der Waals surface area contributed by atoms with Crippen LogP contribution in [-0.4, -0.2) is 17.3 Å². The zero-order valence-corrected chi connectivity index (χ0v) is 13.7. The lowest BCUT2D eigenvalue weighted by Gasteiger charge is -2.37. The number of nitrogens with one attached hydrogen (secondary N) is 1. The maximum Gasteiger partial charge on any atom is 0.254 e. The molecule has 0 heterocycles. The number of allylic oxidation sites excluding steroid dienone is 2. The average Bonchev–Trinajstić information content (AvgIpc) is 2.51. The smallest absolute Gasteiger partial charge is 0.254 e. The SMILES string of the molecule is C/C=N\C1=C(C)CC(C(=O)NO)(c2cccc(C)c2C)CC1. The van der Waals surface area contributed by atoms with Gasteiger partial charge in [0.2, 0.25) is 0 Å². The highest BCUT2D eigenvalue weighted by atomic mass is 16.5. The largest absolute Gasteiger partial charge is 0.289 e. The second-order valence-electron chi connectivity index (χ2n) is 6.06. The van der Waals surface area contributed by atoms with Crippen molar-refractivity contribution in [2.45, 2.75) is 52.4 Å². The summed E-state index contributed by atoms with van der Waals surface area (Å²) in [5.74, 6) is -0.333. The molecule has 0 saturated carbocycles. The van der Waals surface area contributed by atoms with Gasteiger partial charge >= 0.3 is 0 Å². The number of carbonyl (C=O) groups excluding carboxylic acids is 1. The summed E-state index contributed by atoms with van der Waals surface area (Å²) in [6, 6.07) is 6.02. The predicted octanol–water partition coefficient (Wildman–Crippen LogP) is 3.60. The van der Waals surface area contributed by atoms with Crippen molar-refractivity contribution in [3.63, 3.8) is 0 Å². The fourth-order valence-electron chi connectivity index (χ4n) is 3.44. The molecule has 0 bridgehead atoms. The lowest BCUT2D eigenvalue weighted by molar-refractivity contribution is -0.135. The van der Waals surface area contributed by atoms with Crippen LogP contribution in [0.15, 0.2) is 34.5 Å². The van der Waals surface area contributed by atoms with Crippen LogP contribution in [0, 0.1) is 13.8 Å². The lowest BCUT2D eigenvalue weighted by Crippen LogP contribution is -2.45. The van der Waals surface area contributed by atoms with Gasteiger partial charge < -0.3 is 0 Å². The molecule has 0 fully saturated rings. The first-order valence-corrected chi connectivity index (χ1v) is 7.65. The molecule has 22 heavy (non-hydrogen) atoms. The van der Waals surface area contributed by atoms with Crippen molar-refractivity contribution in [1.82, 2.24) is 5.48 Å². The fraction of sp³-hybridized carbons (Fsp3) is 0.444. The Morgan fingerprint density at radius 3 is 2.68 bits per heavy atom. The highest BCUT2D eigenvalue weighted by Crippen LogP contribution is 2.44. The molecule has 118 valence electrons. The van der Waals surface area contributed by atoms with E-state index < -0.39 is 5.41 Å². The Labute approximate surface area is 131 Å². The predicted molar refractivity (Wildman–Crippen MR) is 88.2 cm³/mol. The van der Waals surface area contributed by atoms with Gasteiger partial charge in [-0.3, -0.25) is 15.0 Å². The van der Waals surface area contributed by atoms with Crippen molar-refractivity contribution >= 4 is 12.1 Å². The third-order valence-corrected chi connectivity index (χ3v) is 4.79. The maximum absolute atomic E-state index is 12.5. The molecule has 0 radical (unpaired) electrons. The molecule has 1 aliphatic carbocycles. The van der Waals surface area contributed by atoms with Crippen LogP contribution in [0.25, 0.3) is 0 Å². The number of amides is 1. The molecule has 1 amide bonds. The van der Waals surface area contributed by atoms with Crippen molar-refractivity contribution in [3.8, 4) is 0 Å². The number of hydroxylamine groups is 1. The molecule has 0 spiro atoms. The first kappa shape index (κ1) is 16.4. The molecule has 0 aliphatic heterocycles. The van der Waals surface area contributed by atoms with E-state index in [9.17, 15) is 10.0 Å². The van der Waals surface area contributed by atoms with Crippen molar-refractivity contribution in [1.29, 1.82) is 0 Å². The van der Waals surface area contributed by atoms with Crippen LogP contribution in [0.5, 0.6) is 0 Å². The summed E-state index contributed by atoms with van der Waals surface area (Å²) in [5, 5.41) is 9.28. The van der Waals surface area contributed by atoms with E-state index >= 15 is 0 Å². The van der Waals surface area contributed by atoms with Crippen molar-refractivity contribution in [2.75, 3.05) is 0 Å². The Hall–Kier alpha value is -1.94. The van der Waals surface area contributed by atoms with Crippen molar-refractivity contribution < 1.29 is 10.0 Å². The Bertz CT molecular complexity index is 646. The number of benzene rings is 1. The van der Waals surface area contributed by atoms with Crippen LogP contribution in [-0.2, 0) is 10.2 Å². The maximum atomic E-state index is 12.5. The minimum atomic E-state index is -0.721.